The zero-order chi connectivity index (χ0) is 19.3. The first-order valence-electron chi connectivity index (χ1n) is 8.27. The molecular formula is C19H23FN2O3S. The van der Waals surface area contributed by atoms with Crippen LogP contribution in [0.4, 0.5) is 4.39 Å². The normalized spacial score (nSPS) is 11.4. The molecule has 0 bridgehead atoms. The van der Waals surface area contributed by atoms with Crippen LogP contribution >= 0.6 is 0 Å². The van der Waals surface area contributed by atoms with E-state index in [0.29, 0.717) is 16.7 Å². The van der Waals surface area contributed by atoms with E-state index < -0.39 is 10.0 Å². The molecule has 2 N–H and O–H groups in total. The molecule has 0 aliphatic rings. The lowest BCUT2D eigenvalue weighted by molar-refractivity contribution is -0.121. The zero-order valence-corrected chi connectivity index (χ0v) is 15.9. The van der Waals surface area contributed by atoms with E-state index in [0.717, 1.165) is 5.56 Å². The average molecular weight is 378 g/mol. The van der Waals surface area contributed by atoms with Crippen molar-refractivity contribution in [2.75, 3.05) is 6.54 Å². The van der Waals surface area contributed by atoms with Gasteiger partial charge < -0.3 is 5.32 Å². The Bertz CT molecular complexity index is 888. The number of hydrogen-bond acceptors (Lipinski definition) is 3. The highest BCUT2D eigenvalue weighted by atomic mass is 32.2. The third kappa shape index (κ3) is 5.37. The zero-order valence-electron chi connectivity index (χ0n) is 15.1. The summed E-state index contributed by atoms with van der Waals surface area (Å²) in [6.45, 7) is 5.59. The van der Waals surface area contributed by atoms with Crippen LogP contribution in [0.15, 0.2) is 41.3 Å². The van der Waals surface area contributed by atoms with Crippen LogP contribution in [0.3, 0.4) is 0 Å². The van der Waals surface area contributed by atoms with Gasteiger partial charge in [0.25, 0.3) is 0 Å². The van der Waals surface area contributed by atoms with Gasteiger partial charge in [-0.15, -0.1) is 0 Å². The molecule has 140 valence electrons. The lowest BCUT2D eigenvalue weighted by Gasteiger charge is -2.13. The van der Waals surface area contributed by atoms with Crippen LogP contribution in [0, 0.1) is 26.6 Å². The molecule has 0 saturated heterocycles. The van der Waals surface area contributed by atoms with E-state index in [-0.39, 0.29) is 36.1 Å². The van der Waals surface area contributed by atoms with Gasteiger partial charge >= 0.3 is 0 Å². The number of nitrogens with one attached hydrogen (secondary N) is 2. The first-order valence-corrected chi connectivity index (χ1v) is 9.76. The van der Waals surface area contributed by atoms with E-state index in [4.69, 9.17) is 0 Å². The van der Waals surface area contributed by atoms with Gasteiger partial charge in [-0.25, -0.2) is 17.5 Å². The average Bonchev–Trinajstić information content (AvgIpc) is 2.51. The van der Waals surface area contributed by atoms with E-state index in [1.54, 1.807) is 26.0 Å². The number of amides is 1. The van der Waals surface area contributed by atoms with E-state index in [1.807, 2.05) is 19.1 Å². The topological polar surface area (TPSA) is 75.3 Å². The molecule has 0 radical (unpaired) electrons. The van der Waals surface area contributed by atoms with Crippen molar-refractivity contribution in [1.82, 2.24) is 10.0 Å². The van der Waals surface area contributed by atoms with Crippen LogP contribution in [-0.2, 0) is 21.4 Å². The monoisotopic (exact) mass is 378 g/mol. The number of rotatable bonds is 7. The number of carbonyl (C=O) groups is 1. The van der Waals surface area contributed by atoms with E-state index in [9.17, 15) is 17.6 Å². The van der Waals surface area contributed by atoms with E-state index in [2.05, 4.69) is 10.0 Å². The second-order valence-electron chi connectivity index (χ2n) is 6.28. The first kappa shape index (κ1) is 20.1. The number of halogens is 1. The molecule has 0 spiro atoms. The number of carbonyl (C=O) groups excluding carboxylic acids is 1. The van der Waals surface area contributed by atoms with Gasteiger partial charge in [0.15, 0.2) is 0 Å². The highest BCUT2D eigenvalue weighted by molar-refractivity contribution is 7.89. The standard InChI is InChI=1S/C19H23FN2O3S/c1-13-9-14(2)19(15(3)10-13)26(24,25)22-8-7-18(23)21-12-16-5-4-6-17(20)11-16/h4-6,9-11,22H,7-8,12H2,1-3H3,(H,21,23). The Morgan fingerprint density at radius 3 is 2.35 bits per heavy atom. The Kier molecular flexibility index (Phi) is 6.50. The molecule has 0 aliphatic heterocycles. The van der Waals surface area contributed by atoms with Gasteiger partial charge in [-0.05, 0) is 49.6 Å². The van der Waals surface area contributed by atoms with Crippen molar-refractivity contribution in [3.8, 4) is 0 Å². The largest absolute Gasteiger partial charge is 0.352 e. The summed E-state index contributed by atoms with van der Waals surface area (Å²) in [4.78, 5) is 12.1. The van der Waals surface area contributed by atoms with Crippen molar-refractivity contribution in [3.63, 3.8) is 0 Å². The van der Waals surface area contributed by atoms with Gasteiger partial charge in [-0.1, -0.05) is 29.8 Å². The molecule has 0 aromatic heterocycles. The number of aryl methyl sites for hydroxylation is 3. The molecule has 0 aliphatic carbocycles. The summed E-state index contributed by atoms with van der Waals surface area (Å²) < 4.78 is 40.6. The highest BCUT2D eigenvalue weighted by Crippen LogP contribution is 2.21. The molecule has 2 aromatic rings. The van der Waals surface area contributed by atoms with Crippen LogP contribution in [0.25, 0.3) is 0 Å². The van der Waals surface area contributed by atoms with Gasteiger partial charge in [0, 0.05) is 19.5 Å². The molecular weight excluding hydrogens is 355 g/mol. The van der Waals surface area contributed by atoms with Gasteiger partial charge in [0.2, 0.25) is 15.9 Å². The molecule has 0 unspecified atom stereocenters. The minimum absolute atomic E-state index is 0.00149. The minimum atomic E-state index is -3.69. The predicted octanol–water partition coefficient (Wildman–Crippen LogP) is 2.74. The molecule has 2 aromatic carbocycles. The maximum absolute atomic E-state index is 13.1. The molecule has 0 saturated carbocycles. The summed E-state index contributed by atoms with van der Waals surface area (Å²) >= 11 is 0. The van der Waals surface area contributed by atoms with Crippen LogP contribution in [0.1, 0.15) is 28.7 Å². The predicted molar refractivity (Wildman–Crippen MR) is 98.7 cm³/mol. The van der Waals surface area contributed by atoms with Crippen molar-refractivity contribution >= 4 is 15.9 Å². The van der Waals surface area contributed by atoms with Crippen LogP contribution in [0.5, 0.6) is 0 Å². The van der Waals surface area contributed by atoms with E-state index >= 15 is 0 Å². The van der Waals surface area contributed by atoms with Crippen LogP contribution in [-0.4, -0.2) is 20.9 Å². The quantitative estimate of drug-likeness (QED) is 0.778. The summed E-state index contributed by atoms with van der Waals surface area (Å²) in [5.74, 6) is -0.678. The van der Waals surface area contributed by atoms with Crippen molar-refractivity contribution in [2.24, 2.45) is 0 Å². The summed E-state index contributed by atoms with van der Waals surface area (Å²) in [5.41, 5.74) is 2.98. The fourth-order valence-electron chi connectivity index (χ4n) is 2.90. The van der Waals surface area contributed by atoms with Gasteiger partial charge in [0.1, 0.15) is 5.82 Å². The SMILES string of the molecule is Cc1cc(C)c(S(=O)(=O)NCCC(=O)NCc2cccc(F)c2)c(C)c1. The molecule has 0 heterocycles. The van der Waals surface area contributed by atoms with Crippen LogP contribution < -0.4 is 10.0 Å². The summed E-state index contributed by atoms with van der Waals surface area (Å²) in [7, 11) is -3.69. The molecule has 7 heteroatoms. The lowest BCUT2D eigenvalue weighted by Crippen LogP contribution is -2.31. The molecule has 0 atom stereocenters. The smallest absolute Gasteiger partial charge is 0.241 e. The molecule has 0 fully saturated rings. The molecule has 26 heavy (non-hydrogen) atoms. The number of hydrogen-bond donors (Lipinski definition) is 2. The second-order valence-corrected chi connectivity index (χ2v) is 7.99. The first-order chi connectivity index (χ1) is 12.2. The summed E-state index contributed by atoms with van der Waals surface area (Å²) in [6.07, 6.45) is -0.00149. The van der Waals surface area contributed by atoms with Crippen molar-refractivity contribution in [3.05, 3.63) is 64.5 Å². The summed E-state index contributed by atoms with van der Waals surface area (Å²) in [6, 6.07) is 9.56. The highest BCUT2D eigenvalue weighted by Gasteiger charge is 2.19. The Morgan fingerprint density at radius 1 is 1.08 bits per heavy atom. The lowest BCUT2D eigenvalue weighted by atomic mass is 10.1. The Morgan fingerprint density at radius 2 is 1.73 bits per heavy atom. The third-order valence-corrected chi connectivity index (χ3v) is 5.66. The van der Waals surface area contributed by atoms with Crippen molar-refractivity contribution in [1.29, 1.82) is 0 Å². The number of sulfonamides is 1. The van der Waals surface area contributed by atoms with Gasteiger partial charge in [-0.3, -0.25) is 4.79 Å². The molecule has 2 rings (SSSR count). The fraction of sp³-hybridized carbons (Fsp3) is 0.316. The second kappa shape index (κ2) is 8.42. The Labute approximate surface area is 153 Å². The van der Waals surface area contributed by atoms with Crippen LogP contribution in [0.2, 0.25) is 0 Å². The Balaban J connectivity index is 1.89. The van der Waals surface area contributed by atoms with E-state index in [1.165, 1.54) is 12.1 Å². The minimum Gasteiger partial charge on any atom is -0.352 e. The molecule has 1 amide bonds. The fourth-order valence-corrected chi connectivity index (χ4v) is 4.38. The van der Waals surface area contributed by atoms with Crippen molar-refractivity contribution in [2.45, 2.75) is 38.6 Å². The van der Waals surface area contributed by atoms with Gasteiger partial charge in [-0.2, -0.15) is 0 Å². The Hall–Kier alpha value is -2.25. The number of benzene rings is 2. The maximum atomic E-state index is 13.1. The maximum Gasteiger partial charge on any atom is 0.241 e. The summed E-state index contributed by atoms with van der Waals surface area (Å²) in [5, 5.41) is 2.64. The van der Waals surface area contributed by atoms with Crippen molar-refractivity contribution < 1.29 is 17.6 Å². The van der Waals surface area contributed by atoms with Gasteiger partial charge in [0.05, 0.1) is 4.90 Å². The molecule has 5 nitrogen and oxygen atoms in total. The third-order valence-electron chi connectivity index (χ3n) is 3.90.